The molecule has 3 rings (SSSR count). The topological polar surface area (TPSA) is 32.8 Å². The normalized spacial score (nSPS) is 17.3. The van der Waals surface area contributed by atoms with Crippen LogP contribution in [0.25, 0.3) is 0 Å². The molecule has 0 bridgehead atoms. The van der Waals surface area contributed by atoms with Gasteiger partial charge in [0, 0.05) is 44.7 Å². The minimum atomic E-state index is -0.564. The Morgan fingerprint density at radius 1 is 1.07 bits per heavy atom. The van der Waals surface area contributed by atoms with E-state index in [1.54, 1.807) is 4.90 Å². The Morgan fingerprint density at radius 3 is 2.41 bits per heavy atom. The molecule has 1 amide bonds. The molecule has 0 radical (unpaired) electrons. The van der Waals surface area contributed by atoms with Crippen molar-refractivity contribution in [3.05, 3.63) is 71.3 Å². The maximum atomic E-state index is 14.1. The van der Waals surface area contributed by atoms with Crippen molar-refractivity contribution in [1.82, 2.24) is 9.80 Å². The van der Waals surface area contributed by atoms with Crippen LogP contribution in [0.3, 0.4) is 0 Å². The number of nitrogens with zero attached hydrogens (tertiary/aromatic N) is 2. The lowest BCUT2D eigenvalue weighted by Gasteiger charge is -2.34. The lowest BCUT2D eigenvalue weighted by atomic mass is 10.1. The number of halogens is 2. The Labute approximate surface area is 158 Å². The highest BCUT2D eigenvalue weighted by Gasteiger charge is 2.28. The molecule has 0 N–H and O–H groups in total. The van der Waals surface area contributed by atoms with E-state index in [9.17, 15) is 13.6 Å². The third-order valence-electron chi connectivity index (χ3n) is 4.78. The number of hydrogen-bond donors (Lipinski definition) is 0. The minimum absolute atomic E-state index is 0.0331. The van der Waals surface area contributed by atoms with Gasteiger partial charge in [0.25, 0.3) is 0 Å². The zero-order valence-corrected chi connectivity index (χ0v) is 15.4. The third kappa shape index (κ3) is 5.04. The van der Waals surface area contributed by atoms with E-state index >= 15 is 0 Å². The van der Waals surface area contributed by atoms with Gasteiger partial charge in [-0.1, -0.05) is 36.4 Å². The predicted molar refractivity (Wildman–Crippen MR) is 99.0 cm³/mol. The SMILES string of the molecule is CCN1CC[C@@H](CN(Cc2ccccc2)Cc2c(F)cccc2F)OC1=O. The second-order valence-electron chi connectivity index (χ2n) is 6.73. The number of carbonyl (C=O) groups excluding carboxylic acids is 1. The second kappa shape index (κ2) is 8.95. The number of cyclic esters (lactones) is 1. The summed E-state index contributed by atoms with van der Waals surface area (Å²) in [5.41, 5.74) is 1.07. The van der Waals surface area contributed by atoms with Crippen molar-refractivity contribution < 1.29 is 18.3 Å². The van der Waals surface area contributed by atoms with Crippen LogP contribution in [0.4, 0.5) is 13.6 Å². The van der Waals surface area contributed by atoms with Crippen molar-refractivity contribution >= 4 is 6.09 Å². The van der Waals surface area contributed by atoms with Crippen LogP contribution in [0.15, 0.2) is 48.5 Å². The molecule has 0 aliphatic carbocycles. The molecule has 1 aliphatic rings. The molecular weight excluding hydrogens is 350 g/mol. The van der Waals surface area contributed by atoms with Gasteiger partial charge in [-0.15, -0.1) is 0 Å². The maximum absolute atomic E-state index is 14.1. The summed E-state index contributed by atoms with van der Waals surface area (Å²) < 4.78 is 33.8. The summed E-state index contributed by atoms with van der Waals surface area (Å²) in [6.45, 7) is 4.20. The van der Waals surface area contributed by atoms with Crippen molar-refractivity contribution in [2.24, 2.45) is 0 Å². The lowest BCUT2D eigenvalue weighted by molar-refractivity contribution is 0.00689. The molecule has 0 aromatic heterocycles. The van der Waals surface area contributed by atoms with E-state index in [2.05, 4.69) is 0 Å². The first kappa shape index (κ1) is 19.3. The number of rotatable bonds is 7. The molecule has 2 aromatic carbocycles. The molecule has 0 spiro atoms. The van der Waals surface area contributed by atoms with E-state index in [0.29, 0.717) is 32.6 Å². The summed E-state index contributed by atoms with van der Waals surface area (Å²) in [7, 11) is 0. The lowest BCUT2D eigenvalue weighted by Crippen LogP contribution is -2.46. The van der Waals surface area contributed by atoms with E-state index in [1.807, 2.05) is 42.2 Å². The van der Waals surface area contributed by atoms with Crippen molar-refractivity contribution in [2.75, 3.05) is 19.6 Å². The highest BCUT2D eigenvalue weighted by atomic mass is 19.1. The summed E-state index contributed by atoms with van der Waals surface area (Å²) in [5, 5.41) is 0. The van der Waals surface area contributed by atoms with Gasteiger partial charge >= 0.3 is 6.09 Å². The second-order valence-corrected chi connectivity index (χ2v) is 6.73. The van der Waals surface area contributed by atoms with Crippen LogP contribution in [-0.4, -0.2) is 41.6 Å². The zero-order valence-electron chi connectivity index (χ0n) is 15.4. The summed E-state index contributed by atoms with van der Waals surface area (Å²) in [6, 6.07) is 13.6. The molecule has 1 aliphatic heterocycles. The Bertz CT molecular complexity index is 750. The molecule has 1 heterocycles. The zero-order chi connectivity index (χ0) is 19.2. The maximum Gasteiger partial charge on any atom is 0.410 e. The largest absolute Gasteiger partial charge is 0.445 e. The van der Waals surface area contributed by atoms with Gasteiger partial charge in [-0.3, -0.25) is 4.90 Å². The fourth-order valence-corrected chi connectivity index (χ4v) is 3.30. The van der Waals surface area contributed by atoms with Gasteiger partial charge in [0.15, 0.2) is 0 Å². The van der Waals surface area contributed by atoms with Crippen LogP contribution in [0, 0.1) is 11.6 Å². The number of carbonyl (C=O) groups is 1. The summed E-state index contributed by atoms with van der Waals surface area (Å²) in [4.78, 5) is 15.6. The molecule has 0 unspecified atom stereocenters. The highest BCUT2D eigenvalue weighted by Crippen LogP contribution is 2.19. The van der Waals surface area contributed by atoms with Crippen molar-refractivity contribution in [1.29, 1.82) is 0 Å². The average Bonchev–Trinajstić information content (AvgIpc) is 2.66. The first-order valence-corrected chi connectivity index (χ1v) is 9.21. The quantitative estimate of drug-likeness (QED) is 0.728. The van der Waals surface area contributed by atoms with Crippen LogP contribution in [0.1, 0.15) is 24.5 Å². The van der Waals surface area contributed by atoms with Gasteiger partial charge < -0.3 is 9.64 Å². The van der Waals surface area contributed by atoms with Crippen molar-refractivity contribution in [3.63, 3.8) is 0 Å². The summed E-state index contributed by atoms with van der Waals surface area (Å²) >= 11 is 0. The summed E-state index contributed by atoms with van der Waals surface area (Å²) in [5.74, 6) is -1.13. The van der Waals surface area contributed by atoms with Crippen LogP contribution in [0.2, 0.25) is 0 Å². The van der Waals surface area contributed by atoms with Gasteiger partial charge in [0.2, 0.25) is 0 Å². The van der Waals surface area contributed by atoms with E-state index in [0.717, 1.165) is 5.56 Å². The fourth-order valence-electron chi connectivity index (χ4n) is 3.30. The first-order chi connectivity index (χ1) is 13.1. The molecule has 1 atom stereocenters. The Balaban J connectivity index is 1.75. The van der Waals surface area contributed by atoms with E-state index in [1.165, 1.54) is 18.2 Å². The standard InChI is InChI=1S/C21H24F2N2O2/c1-2-25-12-11-17(27-21(25)26)14-24(13-16-7-4-3-5-8-16)15-18-19(22)9-6-10-20(18)23/h3-10,17H,2,11-15H2,1H3/t17-/m0/s1. The number of hydrogen-bond acceptors (Lipinski definition) is 3. The van der Waals surface area contributed by atoms with Crippen molar-refractivity contribution in [2.45, 2.75) is 32.5 Å². The number of benzene rings is 2. The molecular formula is C21H24F2N2O2. The van der Waals surface area contributed by atoms with Gasteiger partial charge in [-0.25, -0.2) is 13.6 Å². The van der Waals surface area contributed by atoms with Crippen LogP contribution >= 0.6 is 0 Å². The third-order valence-corrected chi connectivity index (χ3v) is 4.78. The Kier molecular flexibility index (Phi) is 6.40. The number of amides is 1. The predicted octanol–water partition coefficient (Wildman–Crippen LogP) is 4.20. The molecule has 0 saturated carbocycles. The van der Waals surface area contributed by atoms with Crippen LogP contribution in [0.5, 0.6) is 0 Å². The van der Waals surface area contributed by atoms with Gasteiger partial charge in [0.05, 0.1) is 0 Å². The molecule has 2 aromatic rings. The molecule has 4 nitrogen and oxygen atoms in total. The van der Waals surface area contributed by atoms with E-state index in [4.69, 9.17) is 4.74 Å². The molecule has 27 heavy (non-hydrogen) atoms. The first-order valence-electron chi connectivity index (χ1n) is 9.21. The molecule has 6 heteroatoms. The fraction of sp³-hybridized carbons (Fsp3) is 0.381. The molecule has 144 valence electrons. The summed E-state index contributed by atoms with van der Waals surface area (Å²) in [6.07, 6.45) is 0.0780. The van der Waals surface area contributed by atoms with Crippen LogP contribution in [-0.2, 0) is 17.8 Å². The van der Waals surface area contributed by atoms with Gasteiger partial charge in [-0.2, -0.15) is 0 Å². The van der Waals surface area contributed by atoms with E-state index in [-0.39, 0.29) is 24.3 Å². The smallest absolute Gasteiger partial charge is 0.410 e. The monoisotopic (exact) mass is 374 g/mol. The minimum Gasteiger partial charge on any atom is -0.445 e. The van der Waals surface area contributed by atoms with Crippen molar-refractivity contribution in [3.8, 4) is 0 Å². The van der Waals surface area contributed by atoms with Crippen LogP contribution < -0.4 is 0 Å². The highest BCUT2D eigenvalue weighted by molar-refractivity contribution is 5.68. The average molecular weight is 374 g/mol. The Morgan fingerprint density at radius 2 is 1.78 bits per heavy atom. The van der Waals surface area contributed by atoms with Gasteiger partial charge in [0.1, 0.15) is 17.7 Å². The number of ether oxygens (including phenoxy) is 1. The Hall–Kier alpha value is -2.47. The molecule has 1 saturated heterocycles. The van der Waals surface area contributed by atoms with Gasteiger partial charge in [-0.05, 0) is 24.6 Å². The molecule has 1 fully saturated rings. The van der Waals surface area contributed by atoms with E-state index < -0.39 is 11.6 Å².